The fourth-order valence-electron chi connectivity index (χ4n) is 2.05. The summed E-state index contributed by atoms with van der Waals surface area (Å²) < 4.78 is 4.89. The van der Waals surface area contributed by atoms with E-state index >= 15 is 0 Å². The van der Waals surface area contributed by atoms with Crippen LogP contribution < -0.4 is 10.6 Å². The van der Waals surface area contributed by atoms with Gasteiger partial charge in [0.05, 0.1) is 24.2 Å². The number of benzene rings is 1. The van der Waals surface area contributed by atoms with Gasteiger partial charge in [-0.3, -0.25) is 4.79 Å². The Morgan fingerprint density at radius 1 is 1.33 bits per heavy atom. The van der Waals surface area contributed by atoms with Crippen LogP contribution in [0.3, 0.4) is 0 Å². The Balaban J connectivity index is 1.62. The third kappa shape index (κ3) is 5.17. The fourth-order valence-corrected chi connectivity index (χ4v) is 2.05. The van der Waals surface area contributed by atoms with E-state index < -0.39 is 0 Å². The van der Waals surface area contributed by atoms with Gasteiger partial charge in [0.25, 0.3) is 0 Å². The number of fused-ring (bicyclic) bond motifs is 1. The van der Waals surface area contributed by atoms with Crippen LogP contribution in [0.15, 0.2) is 24.3 Å². The lowest BCUT2D eigenvalue weighted by Crippen LogP contribution is -2.35. The fraction of sp³-hybridized carbons (Fsp3) is 0.467. The van der Waals surface area contributed by atoms with Gasteiger partial charge < -0.3 is 20.4 Å². The van der Waals surface area contributed by atoms with E-state index in [-0.39, 0.29) is 5.91 Å². The first-order chi connectivity index (χ1) is 10.3. The molecule has 1 aromatic carbocycles. The Morgan fingerprint density at radius 3 is 3.00 bits per heavy atom. The minimum atomic E-state index is 0.00992. The maximum Gasteiger partial charge on any atom is 0.233 e. The van der Waals surface area contributed by atoms with Crippen LogP contribution in [-0.4, -0.2) is 49.2 Å². The van der Waals surface area contributed by atoms with Crippen molar-refractivity contribution in [3.63, 3.8) is 0 Å². The Morgan fingerprint density at radius 2 is 2.19 bits per heavy atom. The topological polar surface area (TPSA) is 79.0 Å². The highest BCUT2D eigenvalue weighted by Gasteiger charge is 2.03. The van der Waals surface area contributed by atoms with Gasteiger partial charge in [0.2, 0.25) is 5.91 Å². The van der Waals surface area contributed by atoms with Crippen molar-refractivity contribution in [2.24, 2.45) is 0 Å². The molecule has 0 unspecified atom stereocenters. The maximum atomic E-state index is 11.5. The molecule has 0 saturated heterocycles. The summed E-state index contributed by atoms with van der Waals surface area (Å²) in [4.78, 5) is 19.3. The largest absolute Gasteiger partial charge is 0.383 e. The molecule has 0 bridgehead atoms. The van der Waals surface area contributed by atoms with Crippen molar-refractivity contribution in [2.45, 2.75) is 12.8 Å². The van der Waals surface area contributed by atoms with Crippen LogP contribution in [0.25, 0.3) is 11.0 Å². The SMILES string of the molecule is COCCNCC(=O)NCCCc1nc2ccccc2[nH]1. The van der Waals surface area contributed by atoms with Crippen molar-refractivity contribution in [2.75, 3.05) is 33.4 Å². The van der Waals surface area contributed by atoms with Crippen LogP contribution in [0.4, 0.5) is 0 Å². The number of hydrogen-bond donors (Lipinski definition) is 3. The van der Waals surface area contributed by atoms with E-state index in [1.807, 2.05) is 24.3 Å². The van der Waals surface area contributed by atoms with E-state index in [1.165, 1.54) is 0 Å². The number of amides is 1. The van der Waals surface area contributed by atoms with Crippen molar-refractivity contribution < 1.29 is 9.53 Å². The minimum Gasteiger partial charge on any atom is -0.383 e. The Kier molecular flexibility index (Phi) is 6.18. The maximum absolute atomic E-state index is 11.5. The quantitative estimate of drug-likeness (QED) is 0.598. The average molecular weight is 290 g/mol. The Hall–Kier alpha value is -1.92. The average Bonchev–Trinajstić information content (AvgIpc) is 2.91. The van der Waals surface area contributed by atoms with Gasteiger partial charge in [-0.1, -0.05) is 12.1 Å². The van der Waals surface area contributed by atoms with Gasteiger partial charge in [0, 0.05) is 26.6 Å². The van der Waals surface area contributed by atoms with Crippen molar-refractivity contribution in [1.82, 2.24) is 20.6 Å². The molecule has 0 atom stereocenters. The van der Waals surface area contributed by atoms with Crippen LogP contribution in [0, 0.1) is 0 Å². The molecule has 2 rings (SSSR count). The second kappa shape index (κ2) is 8.39. The molecule has 21 heavy (non-hydrogen) atoms. The van der Waals surface area contributed by atoms with Gasteiger partial charge in [-0.25, -0.2) is 4.98 Å². The second-order valence-electron chi connectivity index (χ2n) is 4.82. The third-order valence-electron chi connectivity index (χ3n) is 3.12. The van der Waals surface area contributed by atoms with Crippen molar-refractivity contribution >= 4 is 16.9 Å². The minimum absolute atomic E-state index is 0.00992. The number of hydrogen-bond acceptors (Lipinski definition) is 4. The van der Waals surface area contributed by atoms with E-state index in [1.54, 1.807) is 7.11 Å². The molecular formula is C15H22N4O2. The molecule has 6 nitrogen and oxygen atoms in total. The van der Waals surface area contributed by atoms with Crippen LogP contribution >= 0.6 is 0 Å². The summed E-state index contributed by atoms with van der Waals surface area (Å²) >= 11 is 0. The van der Waals surface area contributed by atoms with Gasteiger partial charge in [-0.05, 0) is 18.6 Å². The number of aryl methyl sites for hydroxylation is 1. The third-order valence-corrected chi connectivity index (χ3v) is 3.12. The van der Waals surface area contributed by atoms with Crippen LogP contribution in [0.5, 0.6) is 0 Å². The van der Waals surface area contributed by atoms with Crippen LogP contribution in [0.1, 0.15) is 12.2 Å². The first kappa shape index (κ1) is 15.5. The van der Waals surface area contributed by atoms with E-state index in [4.69, 9.17) is 4.74 Å². The number of carbonyl (C=O) groups excluding carboxylic acids is 1. The van der Waals surface area contributed by atoms with Crippen molar-refractivity contribution in [3.8, 4) is 0 Å². The number of nitrogens with zero attached hydrogens (tertiary/aromatic N) is 1. The summed E-state index contributed by atoms with van der Waals surface area (Å²) in [6, 6.07) is 7.97. The van der Waals surface area contributed by atoms with Crippen LogP contribution in [-0.2, 0) is 16.0 Å². The van der Waals surface area contributed by atoms with E-state index in [0.29, 0.717) is 26.2 Å². The number of H-pyrrole nitrogens is 1. The summed E-state index contributed by atoms with van der Waals surface area (Å²) in [6.45, 7) is 2.28. The molecule has 1 heterocycles. The lowest BCUT2D eigenvalue weighted by Gasteiger charge is -2.05. The number of aromatic amines is 1. The zero-order valence-corrected chi connectivity index (χ0v) is 12.3. The number of nitrogens with one attached hydrogen (secondary N) is 3. The van der Waals surface area contributed by atoms with Gasteiger partial charge >= 0.3 is 0 Å². The van der Waals surface area contributed by atoms with E-state index in [2.05, 4.69) is 20.6 Å². The summed E-state index contributed by atoms with van der Waals surface area (Å²) in [7, 11) is 1.64. The zero-order valence-electron chi connectivity index (χ0n) is 12.3. The molecule has 3 N–H and O–H groups in total. The number of carbonyl (C=O) groups is 1. The Bertz CT molecular complexity index is 535. The molecular weight excluding hydrogens is 268 g/mol. The highest BCUT2D eigenvalue weighted by molar-refractivity contribution is 5.78. The molecule has 0 spiro atoms. The second-order valence-corrected chi connectivity index (χ2v) is 4.82. The lowest BCUT2D eigenvalue weighted by atomic mass is 10.3. The van der Waals surface area contributed by atoms with E-state index in [9.17, 15) is 4.79 Å². The molecule has 0 saturated carbocycles. The molecule has 6 heteroatoms. The number of imidazole rings is 1. The molecule has 0 fully saturated rings. The van der Waals surface area contributed by atoms with Crippen molar-refractivity contribution in [3.05, 3.63) is 30.1 Å². The summed E-state index contributed by atoms with van der Waals surface area (Å²) in [5, 5.41) is 5.89. The Labute approximate surface area is 124 Å². The molecule has 0 aliphatic heterocycles. The molecule has 0 radical (unpaired) electrons. The lowest BCUT2D eigenvalue weighted by molar-refractivity contribution is -0.120. The van der Waals surface area contributed by atoms with E-state index in [0.717, 1.165) is 29.7 Å². The molecule has 1 amide bonds. The molecule has 1 aromatic heterocycles. The zero-order chi connectivity index (χ0) is 14.9. The summed E-state index contributed by atoms with van der Waals surface area (Å²) in [5.41, 5.74) is 2.04. The predicted molar refractivity (Wildman–Crippen MR) is 82.2 cm³/mol. The van der Waals surface area contributed by atoms with Crippen molar-refractivity contribution in [1.29, 1.82) is 0 Å². The summed E-state index contributed by atoms with van der Waals surface area (Å²) in [5.74, 6) is 0.972. The first-order valence-corrected chi connectivity index (χ1v) is 7.19. The first-order valence-electron chi connectivity index (χ1n) is 7.19. The predicted octanol–water partition coefficient (Wildman–Crippen LogP) is 0.848. The number of ether oxygens (including phenoxy) is 1. The van der Waals surface area contributed by atoms with Gasteiger partial charge in [0.1, 0.15) is 5.82 Å². The summed E-state index contributed by atoms with van der Waals surface area (Å²) in [6.07, 6.45) is 1.69. The number of rotatable bonds is 9. The van der Waals surface area contributed by atoms with Gasteiger partial charge in [-0.15, -0.1) is 0 Å². The highest BCUT2D eigenvalue weighted by atomic mass is 16.5. The number of methoxy groups -OCH3 is 1. The molecule has 2 aromatic rings. The number of aromatic nitrogens is 2. The number of para-hydroxylation sites is 2. The molecule has 0 aliphatic carbocycles. The standard InChI is InChI=1S/C15H22N4O2/c1-21-10-9-16-11-15(20)17-8-4-7-14-18-12-5-2-3-6-13(12)19-14/h2-3,5-6,16H,4,7-11H2,1H3,(H,17,20)(H,18,19). The molecule has 0 aliphatic rings. The molecule has 114 valence electrons. The van der Waals surface area contributed by atoms with Crippen LogP contribution in [0.2, 0.25) is 0 Å². The smallest absolute Gasteiger partial charge is 0.233 e. The normalized spacial score (nSPS) is 10.9. The highest BCUT2D eigenvalue weighted by Crippen LogP contribution is 2.10. The monoisotopic (exact) mass is 290 g/mol. The van der Waals surface area contributed by atoms with Gasteiger partial charge in [-0.2, -0.15) is 0 Å². The van der Waals surface area contributed by atoms with Gasteiger partial charge in [0.15, 0.2) is 0 Å².